The molecule has 1 saturated heterocycles. The first kappa shape index (κ1) is 10.5. The van der Waals surface area contributed by atoms with Crippen molar-refractivity contribution in [2.45, 2.75) is 0 Å². The van der Waals surface area contributed by atoms with Gasteiger partial charge in [0.2, 0.25) is 5.91 Å². The maximum atomic E-state index is 11.2. The van der Waals surface area contributed by atoms with E-state index in [1.165, 1.54) is 11.8 Å². The fraction of sp³-hybridized carbons (Fsp3) is 0.200. The predicted octanol–water partition coefficient (Wildman–Crippen LogP) is 2.53. The number of carbonyl (C=O) groups is 1. The van der Waals surface area contributed by atoms with Crippen LogP contribution in [0.5, 0.6) is 0 Å². The summed E-state index contributed by atoms with van der Waals surface area (Å²) in [4.78, 5) is 17.2. The van der Waals surface area contributed by atoms with Crippen LogP contribution < -0.4 is 0 Å². The number of amides is 1. The minimum Gasteiger partial charge on any atom is -0.294 e. The minimum absolute atomic E-state index is 0.0905. The molecule has 0 unspecified atom stereocenters. The van der Waals surface area contributed by atoms with Crippen LogP contribution in [0.4, 0.5) is 5.69 Å². The Bertz CT molecular complexity index is 416. The number of rotatable bonds is 1. The van der Waals surface area contributed by atoms with E-state index in [-0.39, 0.29) is 5.91 Å². The summed E-state index contributed by atoms with van der Waals surface area (Å²) in [7, 11) is 1.73. The van der Waals surface area contributed by atoms with Crippen molar-refractivity contribution in [3.8, 4) is 0 Å². The second-order valence-corrected chi connectivity index (χ2v) is 4.49. The Hall–Kier alpha value is -1.00. The van der Waals surface area contributed by atoms with Crippen molar-refractivity contribution < 1.29 is 4.79 Å². The van der Waals surface area contributed by atoms with E-state index in [9.17, 15) is 4.79 Å². The van der Waals surface area contributed by atoms with E-state index in [1.807, 2.05) is 12.1 Å². The highest BCUT2D eigenvalue weighted by Gasteiger charge is 2.23. The molecule has 78 valence electrons. The van der Waals surface area contributed by atoms with Gasteiger partial charge in [-0.05, 0) is 24.3 Å². The molecule has 0 aromatic heterocycles. The molecule has 1 aliphatic heterocycles. The number of halogens is 1. The van der Waals surface area contributed by atoms with Crippen LogP contribution in [0.2, 0.25) is 5.02 Å². The lowest BCUT2D eigenvalue weighted by molar-refractivity contribution is -0.123. The van der Waals surface area contributed by atoms with E-state index in [2.05, 4.69) is 4.99 Å². The zero-order valence-electron chi connectivity index (χ0n) is 8.11. The summed E-state index contributed by atoms with van der Waals surface area (Å²) in [6.45, 7) is 0. The van der Waals surface area contributed by atoms with Gasteiger partial charge in [0.05, 0.1) is 11.4 Å². The molecule has 1 aromatic carbocycles. The first-order valence-electron chi connectivity index (χ1n) is 4.40. The first-order chi connectivity index (χ1) is 7.16. The van der Waals surface area contributed by atoms with Gasteiger partial charge in [0.15, 0.2) is 5.17 Å². The Kier molecular flexibility index (Phi) is 2.98. The van der Waals surface area contributed by atoms with E-state index in [0.29, 0.717) is 10.8 Å². The molecule has 0 saturated carbocycles. The van der Waals surface area contributed by atoms with Gasteiger partial charge in [-0.2, -0.15) is 0 Å². The lowest BCUT2D eigenvalue weighted by atomic mass is 10.3. The van der Waals surface area contributed by atoms with Crippen molar-refractivity contribution in [3.05, 3.63) is 29.3 Å². The molecule has 1 amide bonds. The zero-order chi connectivity index (χ0) is 10.8. The van der Waals surface area contributed by atoms with Crippen molar-refractivity contribution in [2.75, 3.05) is 12.8 Å². The van der Waals surface area contributed by atoms with E-state index in [1.54, 1.807) is 24.1 Å². The quantitative estimate of drug-likeness (QED) is 0.756. The van der Waals surface area contributed by atoms with E-state index >= 15 is 0 Å². The molecule has 0 atom stereocenters. The zero-order valence-corrected chi connectivity index (χ0v) is 9.68. The number of hydrogen-bond donors (Lipinski definition) is 0. The summed E-state index contributed by atoms with van der Waals surface area (Å²) in [6, 6.07) is 7.21. The van der Waals surface area contributed by atoms with Crippen LogP contribution >= 0.6 is 23.4 Å². The lowest BCUT2D eigenvalue weighted by Gasteiger charge is -2.07. The Morgan fingerprint density at radius 3 is 2.60 bits per heavy atom. The Morgan fingerprint density at radius 2 is 2.07 bits per heavy atom. The van der Waals surface area contributed by atoms with Gasteiger partial charge in [-0.25, -0.2) is 4.99 Å². The lowest BCUT2D eigenvalue weighted by Crippen LogP contribution is -2.24. The molecule has 2 rings (SSSR count). The molecule has 0 aliphatic carbocycles. The normalized spacial score (nSPS) is 18.9. The fourth-order valence-electron chi connectivity index (χ4n) is 1.16. The number of aliphatic imine (C=N–C) groups is 1. The van der Waals surface area contributed by atoms with Crippen molar-refractivity contribution in [1.82, 2.24) is 4.90 Å². The van der Waals surface area contributed by atoms with Crippen molar-refractivity contribution >= 4 is 40.1 Å². The summed E-state index contributed by atoms with van der Waals surface area (Å²) >= 11 is 7.21. The highest BCUT2D eigenvalue weighted by atomic mass is 35.5. The molecule has 1 fully saturated rings. The van der Waals surface area contributed by atoms with Crippen LogP contribution in [0.3, 0.4) is 0 Å². The molecule has 0 bridgehead atoms. The average molecular weight is 241 g/mol. The molecular formula is C10H9ClN2OS. The first-order valence-corrected chi connectivity index (χ1v) is 5.77. The third-order valence-corrected chi connectivity index (χ3v) is 3.30. The maximum Gasteiger partial charge on any atom is 0.238 e. The number of thioether (sulfide) groups is 1. The second-order valence-electron chi connectivity index (χ2n) is 3.11. The Labute approximate surface area is 97.1 Å². The van der Waals surface area contributed by atoms with E-state index in [0.717, 1.165) is 10.9 Å². The van der Waals surface area contributed by atoms with Crippen LogP contribution in [-0.4, -0.2) is 28.8 Å². The number of benzene rings is 1. The van der Waals surface area contributed by atoms with Crippen LogP contribution in [0.1, 0.15) is 0 Å². The van der Waals surface area contributed by atoms with Crippen molar-refractivity contribution in [2.24, 2.45) is 4.99 Å². The number of carbonyl (C=O) groups excluding carboxylic acids is 1. The Balaban J connectivity index is 2.23. The summed E-state index contributed by atoms with van der Waals surface area (Å²) in [5.74, 6) is 0.566. The molecule has 0 radical (unpaired) electrons. The van der Waals surface area contributed by atoms with Crippen molar-refractivity contribution in [3.63, 3.8) is 0 Å². The standard InChI is InChI=1S/C10H9ClN2OS/c1-13-9(14)6-15-10(13)12-8-4-2-7(11)3-5-8/h2-5H,6H2,1H3/b12-10+. The summed E-state index contributed by atoms with van der Waals surface area (Å²) < 4.78 is 0. The van der Waals surface area contributed by atoms with Crippen LogP contribution in [0, 0.1) is 0 Å². The number of hydrogen-bond acceptors (Lipinski definition) is 3. The fourth-order valence-corrected chi connectivity index (χ4v) is 2.20. The third kappa shape index (κ3) is 2.33. The average Bonchev–Trinajstić information content (AvgIpc) is 2.53. The van der Waals surface area contributed by atoms with Crippen molar-refractivity contribution in [1.29, 1.82) is 0 Å². The molecule has 0 N–H and O–H groups in total. The largest absolute Gasteiger partial charge is 0.294 e. The number of amidine groups is 1. The van der Waals surface area contributed by atoms with Gasteiger partial charge >= 0.3 is 0 Å². The van der Waals surface area contributed by atoms with Gasteiger partial charge < -0.3 is 0 Å². The van der Waals surface area contributed by atoms with E-state index < -0.39 is 0 Å². The van der Waals surface area contributed by atoms with Gasteiger partial charge in [0.1, 0.15) is 0 Å². The monoisotopic (exact) mass is 240 g/mol. The van der Waals surface area contributed by atoms with E-state index in [4.69, 9.17) is 11.6 Å². The second kappa shape index (κ2) is 4.24. The van der Waals surface area contributed by atoms with Crippen LogP contribution in [0.25, 0.3) is 0 Å². The molecule has 1 aliphatic rings. The maximum absolute atomic E-state index is 11.2. The number of nitrogens with zero attached hydrogens (tertiary/aromatic N) is 2. The highest BCUT2D eigenvalue weighted by Crippen LogP contribution is 2.23. The molecule has 3 nitrogen and oxygen atoms in total. The molecular weight excluding hydrogens is 232 g/mol. The van der Waals surface area contributed by atoms with Gasteiger partial charge in [-0.1, -0.05) is 23.4 Å². The Morgan fingerprint density at radius 1 is 1.40 bits per heavy atom. The van der Waals surface area contributed by atoms with Gasteiger partial charge in [-0.3, -0.25) is 9.69 Å². The molecule has 0 spiro atoms. The minimum atomic E-state index is 0.0905. The summed E-state index contributed by atoms with van der Waals surface area (Å²) in [5.41, 5.74) is 0.809. The molecule has 5 heteroatoms. The molecule has 1 heterocycles. The third-order valence-electron chi connectivity index (χ3n) is 2.04. The van der Waals surface area contributed by atoms with Crippen LogP contribution in [-0.2, 0) is 4.79 Å². The highest BCUT2D eigenvalue weighted by molar-refractivity contribution is 8.15. The summed E-state index contributed by atoms with van der Waals surface area (Å²) in [5, 5.41) is 1.42. The predicted molar refractivity (Wildman–Crippen MR) is 63.8 cm³/mol. The molecule has 1 aromatic rings. The van der Waals surface area contributed by atoms with Gasteiger partial charge in [0, 0.05) is 12.1 Å². The van der Waals surface area contributed by atoms with Gasteiger partial charge in [0.25, 0.3) is 0 Å². The smallest absolute Gasteiger partial charge is 0.238 e. The van der Waals surface area contributed by atoms with Gasteiger partial charge in [-0.15, -0.1) is 0 Å². The van der Waals surface area contributed by atoms with Crippen LogP contribution in [0.15, 0.2) is 29.3 Å². The molecule has 15 heavy (non-hydrogen) atoms. The topological polar surface area (TPSA) is 32.7 Å². The summed E-state index contributed by atoms with van der Waals surface area (Å²) in [6.07, 6.45) is 0. The SMILES string of the molecule is CN1C(=O)CS/C1=N/c1ccc(Cl)cc1.